The second-order valence-corrected chi connectivity index (χ2v) is 9.51. The monoisotopic (exact) mass is 440 g/mol. The van der Waals surface area contributed by atoms with Gasteiger partial charge in [-0.25, -0.2) is 4.98 Å². The van der Waals surface area contributed by atoms with E-state index in [0.29, 0.717) is 12.4 Å². The van der Waals surface area contributed by atoms with Gasteiger partial charge < -0.3 is 9.47 Å². The Morgan fingerprint density at radius 3 is 2.22 bits per heavy atom. The molecule has 1 aliphatic carbocycles. The predicted molar refractivity (Wildman–Crippen MR) is 134 cm³/mol. The van der Waals surface area contributed by atoms with Gasteiger partial charge in [-0.05, 0) is 70.1 Å². The largest absolute Gasteiger partial charge is 0.493 e. The van der Waals surface area contributed by atoms with Gasteiger partial charge in [-0.15, -0.1) is 0 Å². The normalized spacial score (nSPS) is 14.0. The van der Waals surface area contributed by atoms with E-state index in [1.165, 1.54) is 24.1 Å². The smallest absolute Gasteiger partial charge is 0.280 e. The third-order valence-corrected chi connectivity index (χ3v) is 6.43. The first-order valence-electron chi connectivity index (χ1n) is 12.4. The molecular formula is C27H42N3O2+. The van der Waals surface area contributed by atoms with E-state index in [2.05, 4.69) is 53.7 Å². The second kappa shape index (κ2) is 10.7. The van der Waals surface area contributed by atoms with Crippen molar-refractivity contribution in [2.45, 2.75) is 73.6 Å². The number of quaternary nitrogens is 1. The van der Waals surface area contributed by atoms with Gasteiger partial charge in [0.25, 0.3) is 5.88 Å². The molecule has 1 fully saturated rings. The molecule has 0 aliphatic heterocycles. The van der Waals surface area contributed by atoms with Crippen LogP contribution in [0.15, 0.2) is 12.1 Å². The summed E-state index contributed by atoms with van der Waals surface area (Å²) < 4.78 is 13.0. The highest BCUT2D eigenvalue weighted by Gasteiger charge is 2.41. The van der Waals surface area contributed by atoms with E-state index in [9.17, 15) is 0 Å². The Hall–Kier alpha value is -2.14. The maximum Gasteiger partial charge on any atom is 0.280 e. The van der Waals surface area contributed by atoms with Gasteiger partial charge in [0.05, 0.1) is 38.9 Å². The number of aryl methyl sites for hydroxylation is 3. The minimum absolute atomic E-state index is 0.679. The highest BCUT2D eigenvalue weighted by molar-refractivity contribution is 5.71. The van der Waals surface area contributed by atoms with Crippen LogP contribution in [0.5, 0.6) is 11.6 Å². The van der Waals surface area contributed by atoms with Gasteiger partial charge in [0.2, 0.25) is 5.69 Å². The quantitative estimate of drug-likeness (QED) is 0.358. The molecule has 3 rings (SSSR count). The van der Waals surface area contributed by atoms with Crippen LogP contribution in [0.25, 0.3) is 11.4 Å². The summed E-state index contributed by atoms with van der Waals surface area (Å²) in [5.41, 5.74) is 5.49. The lowest BCUT2D eigenvalue weighted by molar-refractivity contribution is 0.248. The number of benzene rings is 1. The molecule has 2 aromatic rings. The van der Waals surface area contributed by atoms with Gasteiger partial charge in [0.15, 0.2) is 5.82 Å². The SMILES string of the molecule is CCCOc1cc(C)cc(C)c1-c1nc(C)c([N+](CCC)(CCC)CC2CC2)c(OC)n1. The zero-order valence-corrected chi connectivity index (χ0v) is 21.3. The van der Waals surface area contributed by atoms with Crippen LogP contribution in [0.2, 0.25) is 0 Å². The molecule has 0 bridgehead atoms. The lowest BCUT2D eigenvalue weighted by Crippen LogP contribution is -2.52. The summed E-state index contributed by atoms with van der Waals surface area (Å²) >= 11 is 0. The third kappa shape index (κ3) is 5.25. The summed E-state index contributed by atoms with van der Waals surface area (Å²) in [6.45, 7) is 17.1. The van der Waals surface area contributed by atoms with Crippen LogP contribution >= 0.6 is 0 Å². The van der Waals surface area contributed by atoms with Gasteiger partial charge in [-0.2, -0.15) is 4.98 Å². The Balaban J connectivity index is 2.17. The van der Waals surface area contributed by atoms with E-state index in [4.69, 9.17) is 19.4 Å². The average molecular weight is 441 g/mol. The summed E-state index contributed by atoms with van der Waals surface area (Å²) in [5.74, 6) is 3.09. The Morgan fingerprint density at radius 2 is 1.66 bits per heavy atom. The minimum Gasteiger partial charge on any atom is -0.493 e. The topological polar surface area (TPSA) is 44.2 Å². The summed E-state index contributed by atoms with van der Waals surface area (Å²) in [5, 5.41) is 0. The molecule has 1 saturated carbocycles. The number of hydrogen-bond acceptors (Lipinski definition) is 4. The summed E-state index contributed by atoms with van der Waals surface area (Å²) in [6.07, 6.45) is 5.90. The molecule has 0 atom stereocenters. The fourth-order valence-corrected chi connectivity index (χ4v) is 5.14. The van der Waals surface area contributed by atoms with Crippen molar-refractivity contribution in [2.75, 3.05) is 33.4 Å². The molecule has 1 heterocycles. The van der Waals surface area contributed by atoms with Crippen LogP contribution in [0.1, 0.15) is 69.7 Å². The lowest BCUT2D eigenvalue weighted by atomic mass is 10.0. The fourth-order valence-electron chi connectivity index (χ4n) is 5.14. The van der Waals surface area contributed by atoms with Gasteiger partial charge in [-0.1, -0.05) is 26.8 Å². The van der Waals surface area contributed by atoms with Crippen LogP contribution in [0.4, 0.5) is 5.69 Å². The molecule has 1 aliphatic rings. The van der Waals surface area contributed by atoms with E-state index in [1.807, 2.05) is 0 Å². The maximum atomic E-state index is 6.13. The van der Waals surface area contributed by atoms with Crippen LogP contribution in [-0.2, 0) is 0 Å². The molecule has 0 amide bonds. The first kappa shape index (κ1) is 24.5. The van der Waals surface area contributed by atoms with Crippen molar-refractivity contribution in [3.05, 3.63) is 29.0 Å². The van der Waals surface area contributed by atoms with Crippen LogP contribution in [0.3, 0.4) is 0 Å². The van der Waals surface area contributed by atoms with Crippen LogP contribution < -0.4 is 14.0 Å². The molecule has 5 heteroatoms. The van der Waals surface area contributed by atoms with E-state index in [-0.39, 0.29) is 0 Å². The number of ether oxygens (including phenoxy) is 2. The average Bonchev–Trinajstić information content (AvgIpc) is 3.55. The highest BCUT2D eigenvalue weighted by Crippen LogP contribution is 2.43. The van der Waals surface area contributed by atoms with Crippen molar-refractivity contribution >= 4 is 5.69 Å². The maximum absolute atomic E-state index is 6.13. The Bertz CT molecular complexity index is 916. The highest BCUT2D eigenvalue weighted by atomic mass is 16.5. The Kier molecular flexibility index (Phi) is 8.16. The van der Waals surface area contributed by atoms with Gasteiger partial charge >= 0.3 is 0 Å². The molecule has 5 nitrogen and oxygen atoms in total. The predicted octanol–water partition coefficient (Wildman–Crippen LogP) is 6.40. The van der Waals surface area contributed by atoms with Crippen molar-refractivity contribution in [2.24, 2.45) is 5.92 Å². The zero-order chi connectivity index (χ0) is 23.3. The first-order valence-corrected chi connectivity index (χ1v) is 12.4. The molecule has 176 valence electrons. The molecule has 0 unspecified atom stereocenters. The van der Waals surface area contributed by atoms with E-state index in [1.54, 1.807) is 7.11 Å². The summed E-state index contributed by atoms with van der Waals surface area (Å²) in [7, 11) is 1.75. The van der Waals surface area contributed by atoms with Gasteiger partial charge in [-0.3, -0.25) is 4.48 Å². The van der Waals surface area contributed by atoms with Crippen molar-refractivity contribution in [3.63, 3.8) is 0 Å². The first-order chi connectivity index (χ1) is 15.4. The number of nitrogens with zero attached hydrogens (tertiary/aromatic N) is 3. The molecule has 1 aromatic heterocycles. The molecule has 0 N–H and O–H groups in total. The standard InChI is InChI=1S/C27H42N3O2/c1-8-13-30(14-9-2,18-22-11-12-22)25-21(6)28-26(29-27(25)31-7)24-20(5)16-19(4)17-23(24)32-15-10-3/h16-17,22H,8-15,18H2,1-7H3/q+1. The Labute approximate surface area is 194 Å². The molecule has 0 radical (unpaired) electrons. The van der Waals surface area contributed by atoms with Crippen molar-refractivity contribution < 1.29 is 9.47 Å². The van der Waals surface area contributed by atoms with E-state index in [0.717, 1.165) is 77.7 Å². The number of aromatic nitrogens is 2. The van der Waals surface area contributed by atoms with Crippen LogP contribution in [-0.4, -0.2) is 43.3 Å². The molecular weight excluding hydrogens is 398 g/mol. The molecule has 1 aromatic carbocycles. The minimum atomic E-state index is 0.679. The molecule has 0 saturated heterocycles. The lowest BCUT2D eigenvalue weighted by Gasteiger charge is -2.39. The van der Waals surface area contributed by atoms with E-state index >= 15 is 0 Å². The van der Waals surface area contributed by atoms with Crippen molar-refractivity contribution in [1.29, 1.82) is 0 Å². The van der Waals surface area contributed by atoms with Gasteiger partial charge in [0.1, 0.15) is 11.4 Å². The molecule has 0 spiro atoms. The van der Waals surface area contributed by atoms with Crippen LogP contribution in [0, 0.1) is 26.7 Å². The third-order valence-electron chi connectivity index (χ3n) is 6.43. The number of rotatable bonds is 12. The summed E-state index contributed by atoms with van der Waals surface area (Å²) in [6, 6.07) is 4.27. The van der Waals surface area contributed by atoms with E-state index < -0.39 is 0 Å². The second-order valence-electron chi connectivity index (χ2n) is 9.51. The number of methoxy groups -OCH3 is 1. The number of hydrogen-bond donors (Lipinski definition) is 0. The van der Waals surface area contributed by atoms with Crippen molar-refractivity contribution in [3.8, 4) is 23.0 Å². The van der Waals surface area contributed by atoms with Gasteiger partial charge in [0, 0.05) is 5.92 Å². The fraction of sp³-hybridized carbons (Fsp3) is 0.630. The zero-order valence-electron chi connectivity index (χ0n) is 21.3. The molecule has 32 heavy (non-hydrogen) atoms. The Morgan fingerprint density at radius 1 is 0.969 bits per heavy atom. The summed E-state index contributed by atoms with van der Waals surface area (Å²) in [4.78, 5) is 10.1. The van der Waals surface area contributed by atoms with Crippen molar-refractivity contribution in [1.82, 2.24) is 14.5 Å².